The molecular formula is C25H24N4O5S. The first-order valence-electron chi connectivity index (χ1n) is 11.5. The van der Waals surface area contributed by atoms with Crippen molar-refractivity contribution in [1.29, 1.82) is 0 Å². The van der Waals surface area contributed by atoms with E-state index < -0.39 is 6.09 Å². The van der Waals surface area contributed by atoms with Crippen LogP contribution in [0.3, 0.4) is 0 Å². The lowest BCUT2D eigenvalue weighted by atomic mass is 10.1. The molecule has 4 aromatic rings. The molecule has 4 heterocycles. The van der Waals surface area contributed by atoms with Gasteiger partial charge in [0.2, 0.25) is 5.88 Å². The largest absolute Gasteiger partial charge is 0.488 e. The van der Waals surface area contributed by atoms with E-state index in [9.17, 15) is 9.90 Å². The number of ether oxygens (including phenoxy) is 3. The van der Waals surface area contributed by atoms with Crippen LogP contribution < -0.4 is 9.47 Å². The van der Waals surface area contributed by atoms with Gasteiger partial charge in [-0.25, -0.2) is 19.7 Å². The number of rotatable bonds is 5. The van der Waals surface area contributed by atoms with E-state index >= 15 is 0 Å². The lowest BCUT2D eigenvalue weighted by molar-refractivity contribution is 0.0859. The second-order valence-electron chi connectivity index (χ2n) is 8.90. The molecule has 1 N–H and O–H groups in total. The average Bonchev–Trinajstić information content (AvgIpc) is 3.60. The minimum Gasteiger partial charge on any atom is -0.488 e. The first-order chi connectivity index (χ1) is 17.0. The van der Waals surface area contributed by atoms with E-state index in [1.54, 1.807) is 24.6 Å². The molecule has 2 aromatic carbocycles. The summed E-state index contributed by atoms with van der Waals surface area (Å²) in [6.07, 6.45) is 1.80. The fourth-order valence-electron chi connectivity index (χ4n) is 4.88. The molecule has 10 heteroatoms. The summed E-state index contributed by atoms with van der Waals surface area (Å²) in [4.78, 5) is 27.4. The molecular weight excluding hydrogens is 468 g/mol. The second kappa shape index (κ2) is 8.62. The minimum absolute atomic E-state index is 0.121. The number of benzene rings is 2. The summed E-state index contributed by atoms with van der Waals surface area (Å²) in [6.45, 7) is 3.37. The van der Waals surface area contributed by atoms with E-state index in [0.717, 1.165) is 48.7 Å². The number of hydrogen-bond donors (Lipinski definition) is 1. The molecule has 1 fully saturated rings. The van der Waals surface area contributed by atoms with E-state index in [1.165, 1.54) is 4.90 Å². The Hall–Kier alpha value is -3.50. The van der Waals surface area contributed by atoms with Gasteiger partial charge >= 0.3 is 6.09 Å². The van der Waals surface area contributed by atoms with Gasteiger partial charge in [0.1, 0.15) is 16.9 Å². The highest BCUT2D eigenvalue weighted by Crippen LogP contribution is 2.42. The van der Waals surface area contributed by atoms with Crippen molar-refractivity contribution in [2.24, 2.45) is 0 Å². The smallest absolute Gasteiger partial charge is 0.407 e. The van der Waals surface area contributed by atoms with Gasteiger partial charge in [-0.1, -0.05) is 0 Å². The fraction of sp³-hybridized carbons (Fsp3) is 0.360. The molecule has 0 unspecified atom stereocenters. The average molecular weight is 493 g/mol. The van der Waals surface area contributed by atoms with Crippen molar-refractivity contribution in [3.63, 3.8) is 0 Å². The molecule has 1 amide bonds. The maximum absolute atomic E-state index is 11.9. The summed E-state index contributed by atoms with van der Waals surface area (Å²) in [7, 11) is 1.58. The Morgan fingerprint density at radius 3 is 2.94 bits per heavy atom. The van der Waals surface area contributed by atoms with Gasteiger partial charge in [0, 0.05) is 24.2 Å². The maximum atomic E-state index is 11.9. The van der Waals surface area contributed by atoms with Crippen molar-refractivity contribution in [2.75, 3.05) is 26.9 Å². The molecule has 35 heavy (non-hydrogen) atoms. The third-order valence-corrected chi connectivity index (χ3v) is 7.71. The topological polar surface area (TPSA) is 107 Å². The number of aryl methyl sites for hydroxylation is 1. The molecule has 6 rings (SSSR count). The molecule has 0 aliphatic carbocycles. The number of carbonyl (C=O) groups is 1. The van der Waals surface area contributed by atoms with Crippen molar-refractivity contribution in [1.82, 2.24) is 19.9 Å². The molecule has 180 valence electrons. The molecule has 2 aliphatic rings. The van der Waals surface area contributed by atoms with Crippen LogP contribution in [0.5, 0.6) is 11.6 Å². The number of hydrogen-bond acceptors (Lipinski definition) is 8. The third-order valence-electron chi connectivity index (χ3n) is 6.54. The highest BCUT2D eigenvalue weighted by Gasteiger charge is 2.34. The number of carboxylic acid groups (broad SMARTS) is 1. The van der Waals surface area contributed by atoms with Crippen LogP contribution in [0.4, 0.5) is 4.79 Å². The summed E-state index contributed by atoms with van der Waals surface area (Å²) in [5.74, 6) is 1.27. The second-order valence-corrected chi connectivity index (χ2v) is 9.90. The highest BCUT2D eigenvalue weighted by atomic mass is 32.1. The van der Waals surface area contributed by atoms with Gasteiger partial charge in [-0.15, -0.1) is 11.3 Å². The lowest BCUT2D eigenvalue weighted by Crippen LogP contribution is -2.45. The van der Waals surface area contributed by atoms with Crippen molar-refractivity contribution in [2.45, 2.75) is 31.9 Å². The van der Waals surface area contributed by atoms with Crippen molar-refractivity contribution < 1.29 is 24.1 Å². The summed E-state index contributed by atoms with van der Waals surface area (Å²) >= 11 is 1.60. The zero-order valence-corrected chi connectivity index (χ0v) is 20.2. The maximum Gasteiger partial charge on any atom is 0.407 e. The molecule has 9 nitrogen and oxygen atoms in total. The first kappa shape index (κ1) is 22.0. The Balaban J connectivity index is 1.34. The Morgan fingerprint density at radius 1 is 1.29 bits per heavy atom. The van der Waals surface area contributed by atoms with Crippen molar-refractivity contribution in [3.05, 3.63) is 41.6 Å². The van der Waals surface area contributed by atoms with Crippen LogP contribution in [0.15, 0.2) is 30.5 Å². The highest BCUT2D eigenvalue weighted by molar-refractivity contribution is 7.22. The third kappa shape index (κ3) is 3.92. The Kier molecular flexibility index (Phi) is 5.42. The van der Waals surface area contributed by atoms with Crippen LogP contribution in [-0.2, 0) is 11.2 Å². The van der Waals surface area contributed by atoms with Crippen LogP contribution in [0.1, 0.15) is 17.5 Å². The normalized spacial score (nSPS) is 19.1. The van der Waals surface area contributed by atoms with Gasteiger partial charge in [-0.05, 0) is 43.2 Å². The molecule has 2 atom stereocenters. The van der Waals surface area contributed by atoms with Gasteiger partial charge in [-0.2, -0.15) is 0 Å². The molecule has 0 bridgehead atoms. The number of nitrogens with zero attached hydrogens (tertiary/aromatic N) is 4. The predicted octanol–water partition coefficient (Wildman–Crippen LogP) is 4.30. The van der Waals surface area contributed by atoms with Crippen molar-refractivity contribution >= 4 is 38.7 Å². The van der Waals surface area contributed by atoms with Crippen LogP contribution in [0.25, 0.3) is 31.8 Å². The fourth-order valence-corrected chi connectivity index (χ4v) is 6.01. The van der Waals surface area contributed by atoms with Gasteiger partial charge in [0.25, 0.3) is 0 Å². The van der Waals surface area contributed by atoms with E-state index in [-0.39, 0.29) is 12.1 Å². The standard InChI is InChI=1S/C25H24N4O5S/c1-13-7-17(22-19(8-13)27-21(32-2)10-26-22)24-28-18-3-4-20-16(23(18)35-24)9-15(34-20)11-29(25(30)31)14-5-6-33-12-14/h3-4,7-8,10,14-15H,5-6,9,11-12H2,1-2H3,(H,30,31)/t14-,15-/m0/s1. The van der Waals surface area contributed by atoms with E-state index in [1.807, 2.05) is 25.1 Å². The number of fused-ring (bicyclic) bond motifs is 4. The van der Waals surface area contributed by atoms with E-state index in [0.29, 0.717) is 38.5 Å². The number of amides is 1. The van der Waals surface area contributed by atoms with E-state index in [4.69, 9.17) is 19.2 Å². The Labute approximate surface area is 205 Å². The van der Waals surface area contributed by atoms with Crippen LogP contribution >= 0.6 is 11.3 Å². The number of aromatic nitrogens is 3. The minimum atomic E-state index is -0.936. The quantitative estimate of drug-likeness (QED) is 0.440. The van der Waals surface area contributed by atoms with Crippen LogP contribution in [-0.4, -0.2) is 70.1 Å². The summed E-state index contributed by atoms with van der Waals surface area (Å²) < 4.78 is 17.9. The predicted molar refractivity (Wildman–Crippen MR) is 132 cm³/mol. The molecule has 0 spiro atoms. The molecule has 2 aliphatic heterocycles. The molecule has 0 saturated carbocycles. The van der Waals surface area contributed by atoms with Gasteiger partial charge in [0.05, 0.1) is 53.8 Å². The zero-order valence-electron chi connectivity index (χ0n) is 19.4. The molecule has 2 aromatic heterocycles. The van der Waals surface area contributed by atoms with Gasteiger partial charge < -0.3 is 19.3 Å². The molecule has 0 radical (unpaired) electrons. The Bertz CT molecular complexity index is 1450. The number of methoxy groups -OCH3 is 1. The lowest BCUT2D eigenvalue weighted by Gasteiger charge is -2.27. The summed E-state index contributed by atoms with van der Waals surface area (Å²) in [6, 6.07) is 7.84. The van der Waals surface area contributed by atoms with Crippen LogP contribution in [0, 0.1) is 6.92 Å². The Morgan fingerprint density at radius 2 is 2.17 bits per heavy atom. The number of thiazole rings is 1. The summed E-state index contributed by atoms with van der Waals surface area (Å²) in [5, 5.41) is 10.6. The van der Waals surface area contributed by atoms with Crippen LogP contribution in [0.2, 0.25) is 0 Å². The summed E-state index contributed by atoms with van der Waals surface area (Å²) in [5.41, 5.74) is 5.50. The zero-order chi connectivity index (χ0) is 24.1. The first-order valence-corrected chi connectivity index (χ1v) is 12.3. The SMILES string of the molecule is COc1cnc2c(-c3nc4ccc5c(c4s3)C[C@@H](CN(C(=O)O)[C@H]3CCOC3)O5)cc(C)cc2n1. The molecule has 1 saturated heterocycles. The van der Waals surface area contributed by atoms with E-state index in [2.05, 4.69) is 16.0 Å². The van der Waals surface area contributed by atoms with Gasteiger partial charge in [-0.3, -0.25) is 4.90 Å². The van der Waals surface area contributed by atoms with Gasteiger partial charge in [0.15, 0.2) is 0 Å². The monoisotopic (exact) mass is 492 g/mol. The van der Waals surface area contributed by atoms with Crippen molar-refractivity contribution in [3.8, 4) is 22.2 Å².